The lowest BCUT2D eigenvalue weighted by Crippen LogP contribution is -2.64. The number of anilines is 2. The number of nitrogens with one attached hydrogen (secondary N) is 1. The largest absolute Gasteiger partial charge is 0.472 e. The number of carbonyl (C=O) groups is 2. The van der Waals surface area contributed by atoms with E-state index in [-0.39, 0.29) is 35.2 Å². The SMILES string of the molecule is CSc1nc2c3c(nc(-c4ccc(NC(=O)OC(C)(C)C)c5cccc(C#C[Si](C(C)C)(C(C)C)C(C)C)c45)c(F)c3n1)OC(C)C1C3CCC(CN21)N3C(=O)O. The van der Waals surface area contributed by atoms with Gasteiger partial charge in [-0.1, -0.05) is 71.4 Å². The van der Waals surface area contributed by atoms with Crippen molar-refractivity contribution in [2.24, 2.45) is 0 Å². The van der Waals surface area contributed by atoms with E-state index >= 15 is 4.39 Å². The molecule has 2 fully saturated rings. The zero-order valence-corrected chi connectivity index (χ0v) is 36.5. The molecule has 2 amide bonds. The first-order valence-corrected chi connectivity index (χ1v) is 23.3. The number of nitrogens with zero attached hydrogens (tertiary/aromatic N) is 5. The van der Waals surface area contributed by atoms with Crippen LogP contribution in [0.25, 0.3) is 32.9 Å². The number of ether oxygens (including phenoxy) is 2. The lowest BCUT2D eigenvalue weighted by molar-refractivity contribution is 0.0634. The Hall–Kier alpha value is -4.61. The van der Waals surface area contributed by atoms with Crippen molar-refractivity contribution in [2.45, 2.75) is 134 Å². The second-order valence-electron chi connectivity index (χ2n) is 17.5. The number of fused-ring (bicyclic) bond motifs is 6. The lowest BCUT2D eigenvalue weighted by Gasteiger charge is -2.47. The smallest absolute Gasteiger partial charge is 0.412 e. The molecule has 4 aromatic rings. The fraction of sp³-hybridized carbons (Fsp3) is 0.512. The predicted octanol–water partition coefficient (Wildman–Crippen LogP) is 10.1. The molecule has 14 heteroatoms. The van der Waals surface area contributed by atoms with E-state index in [4.69, 9.17) is 24.4 Å². The molecule has 0 saturated carbocycles. The van der Waals surface area contributed by atoms with E-state index in [2.05, 4.69) is 63.2 Å². The maximum Gasteiger partial charge on any atom is 0.412 e. The van der Waals surface area contributed by atoms with Crippen LogP contribution in [0.2, 0.25) is 16.6 Å². The van der Waals surface area contributed by atoms with E-state index in [0.29, 0.717) is 73.5 Å². The van der Waals surface area contributed by atoms with Crippen molar-refractivity contribution >= 4 is 65.2 Å². The van der Waals surface area contributed by atoms with Gasteiger partial charge in [-0.3, -0.25) is 10.2 Å². The summed E-state index contributed by atoms with van der Waals surface area (Å²) in [7, 11) is -2.20. The molecule has 2 aromatic carbocycles. The van der Waals surface area contributed by atoms with Gasteiger partial charge in [0, 0.05) is 28.4 Å². The summed E-state index contributed by atoms with van der Waals surface area (Å²) in [5.41, 5.74) is 6.01. The Balaban J connectivity index is 1.49. The van der Waals surface area contributed by atoms with Crippen LogP contribution in [0.1, 0.15) is 87.6 Å². The van der Waals surface area contributed by atoms with Crippen molar-refractivity contribution in [3.8, 4) is 28.6 Å². The van der Waals surface area contributed by atoms with Gasteiger partial charge in [0.25, 0.3) is 0 Å². The molecule has 57 heavy (non-hydrogen) atoms. The van der Waals surface area contributed by atoms with Gasteiger partial charge in [-0.25, -0.2) is 28.9 Å². The molecular formula is C43H53FN6O5SSi. The normalized spacial score (nSPS) is 20.4. The van der Waals surface area contributed by atoms with Crippen molar-refractivity contribution in [1.29, 1.82) is 0 Å². The summed E-state index contributed by atoms with van der Waals surface area (Å²) in [6.45, 7) is 21.3. The number of thioether (sulfide) groups is 1. The van der Waals surface area contributed by atoms with E-state index in [1.165, 1.54) is 11.8 Å². The molecule has 7 rings (SSSR count). The number of aromatic nitrogens is 3. The quantitative estimate of drug-likeness (QED) is 0.0840. The molecule has 302 valence electrons. The van der Waals surface area contributed by atoms with Crippen LogP contribution in [0.5, 0.6) is 5.88 Å². The highest BCUT2D eigenvalue weighted by atomic mass is 32.2. The first-order chi connectivity index (χ1) is 26.9. The van der Waals surface area contributed by atoms with E-state index in [0.717, 1.165) is 6.42 Å². The van der Waals surface area contributed by atoms with Crippen molar-refractivity contribution in [3.05, 3.63) is 41.7 Å². The molecule has 2 N–H and O–H groups in total. The van der Waals surface area contributed by atoms with Gasteiger partial charge in [0.1, 0.15) is 42.2 Å². The molecule has 0 aliphatic carbocycles. The Morgan fingerprint density at radius 3 is 2.37 bits per heavy atom. The van der Waals surface area contributed by atoms with Crippen LogP contribution < -0.4 is 15.0 Å². The van der Waals surface area contributed by atoms with Crippen LogP contribution in [0.15, 0.2) is 35.5 Å². The molecule has 0 radical (unpaired) electrons. The maximum absolute atomic E-state index is 17.6. The van der Waals surface area contributed by atoms with Gasteiger partial charge in [-0.05, 0) is 81.6 Å². The molecule has 2 saturated heterocycles. The number of halogens is 1. The fourth-order valence-electron chi connectivity index (χ4n) is 9.83. The van der Waals surface area contributed by atoms with Crippen LogP contribution in [0.3, 0.4) is 0 Å². The molecule has 3 aliphatic heterocycles. The zero-order valence-electron chi connectivity index (χ0n) is 34.7. The Morgan fingerprint density at radius 1 is 1.04 bits per heavy atom. The van der Waals surface area contributed by atoms with Gasteiger partial charge < -0.3 is 19.5 Å². The molecule has 5 heterocycles. The Morgan fingerprint density at radius 2 is 1.74 bits per heavy atom. The average Bonchev–Trinajstić information content (AvgIpc) is 3.38. The van der Waals surface area contributed by atoms with E-state index < -0.39 is 37.8 Å². The highest BCUT2D eigenvalue weighted by Gasteiger charge is 2.53. The molecule has 2 bridgehead atoms. The standard InChI is InChI=1S/C43H53FN6O5SSi/c1-22(2)57(23(3)4,24(5)6)20-19-26-13-12-14-28-30(45-41(51)55-43(8,9)10)17-16-29(32(26)28)35-34(44)36-33-38(48-40(47-36)56-11)49-21-27-15-18-31(50(27)42(52)53)37(49)25(7)54-39(33)46-35/h12-14,16-17,22-25,27,31,37H,15,18,21H2,1-11H3,(H,45,51)(H,52,53). The third-order valence-corrected chi connectivity index (χ3v) is 18.9. The molecule has 4 atom stereocenters. The Labute approximate surface area is 339 Å². The highest BCUT2D eigenvalue weighted by molar-refractivity contribution is 7.98. The molecule has 2 aromatic heterocycles. The number of piperazine rings is 1. The van der Waals surface area contributed by atoms with E-state index in [1.54, 1.807) is 37.8 Å². The fourth-order valence-corrected chi connectivity index (χ4v) is 15.4. The van der Waals surface area contributed by atoms with Gasteiger partial charge in [0.05, 0.1) is 23.8 Å². The number of hydrogen-bond acceptors (Lipinski definition) is 9. The zero-order chi connectivity index (χ0) is 41.3. The van der Waals surface area contributed by atoms with Gasteiger partial charge in [-0.2, -0.15) is 0 Å². The average molecular weight is 813 g/mol. The monoisotopic (exact) mass is 812 g/mol. The number of amides is 2. The summed E-state index contributed by atoms with van der Waals surface area (Å²) >= 11 is 1.31. The molecule has 3 aliphatic rings. The first kappa shape index (κ1) is 40.6. The van der Waals surface area contributed by atoms with Gasteiger partial charge >= 0.3 is 12.2 Å². The topological polar surface area (TPSA) is 130 Å². The molecule has 11 nitrogen and oxygen atoms in total. The van der Waals surface area contributed by atoms with Crippen LogP contribution in [0, 0.1) is 17.3 Å². The summed E-state index contributed by atoms with van der Waals surface area (Å²) in [4.78, 5) is 43.9. The number of benzene rings is 2. The van der Waals surface area contributed by atoms with Crippen molar-refractivity contribution < 1.29 is 28.6 Å². The number of hydrogen-bond donors (Lipinski definition) is 2. The summed E-state index contributed by atoms with van der Waals surface area (Å²) in [5.74, 6) is 3.65. The van der Waals surface area contributed by atoms with Gasteiger partial charge in [-0.15, -0.1) is 5.54 Å². The minimum atomic E-state index is -2.20. The predicted molar refractivity (Wildman–Crippen MR) is 228 cm³/mol. The minimum Gasteiger partial charge on any atom is -0.472 e. The summed E-state index contributed by atoms with van der Waals surface area (Å²) in [6.07, 6.45) is 1.18. The van der Waals surface area contributed by atoms with Crippen LogP contribution in [-0.4, -0.2) is 87.8 Å². The highest BCUT2D eigenvalue weighted by Crippen LogP contribution is 2.47. The van der Waals surface area contributed by atoms with Crippen LogP contribution >= 0.6 is 11.8 Å². The van der Waals surface area contributed by atoms with Crippen LogP contribution in [0.4, 0.5) is 25.5 Å². The molecular weight excluding hydrogens is 760 g/mol. The molecule has 0 spiro atoms. The third kappa shape index (κ3) is 6.94. The lowest BCUT2D eigenvalue weighted by atomic mass is 9.95. The van der Waals surface area contributed by atoms with E-state index in [9.17, 15) is 14.7 Å². The number of rotatable bonds is 6. The van der Waals surface area contributed by atoms with Gasteiger partial charge in [0.15, 0.2) is 11.0 Å². The van der Waals surface area contributed by atoms with Crippen molar-refractivity contribution in [2.75, 3.05) is 23.0 Å². The van der Waals surface area contributed by atoms with Gasteiger partial charge in [0.2, 0.25) is 5.88 Å². The summed E-state index contributed by atoms with van der Waals surface area (Å²) in [6, 6.07) is 8.29. The minimum absolute atomic E-state index is 0.0260. The number of carboxylic acid groups (broad SMARTS) is 1. The van der Waals surface area contributed by atoms with E-state index in [1.807, 2.05) is 31.4 Å². The first-order valence-electron chi connectivity index (χ1n) is 19.9. The third-order valence-electron chi connectivity index (χ3n) is 12.1. The number of carbonyl (C=O) groups excluding carboxylic acids is 1. The Bertz CT molecular complexity index is 2320. The van der Waals surface area contributed by atoms with Crippen LogP contribution in [-0.2, 0) is 4.74 Å². The maximum atomic E-state index is 17.6. The number of pyridine rings is 1. The summed E-state index contributed by atoms with van der Waals surface area (Å²) in [5, 5.41) is 15.1. The molecule has 4 unspecified atom stereocenters. The Kier molecular flexibility index (Phi) is 10.6. The second-order valence-corrected chi connectivity index (χ2v) is 23.8. The second kappa shape index (κ2) is 15.0. The van der Waals surface area contributed by atoms with Crippen molar-refractivity contribution in [1.82, 2.24) is 19.9 Å². The van der Waals surface area contributed by atoms with Crippen molar-refractivity contribution in [3.63, 3.8) is 0 Å². The summed E-state index contributed by atoms with van der Waals surface area (Å²) < 4.78 is 29.9.